The number of rotatable bonds is 6. The van der Waals surface area contributed by atoms with Gasteiger partial charge in [0.25, 0.3) is 0 Å². The molecule has 0 saturated carbocycles. The number of fused-ring (bicyclic) bond motifs is 1. The zero-order valence-electron chi connectivity index (χ0n) is 16.6. The van der Waals surface area contributed by atoms with E-state index in [1.54, 1.807) is 23.5 Å². The number of thiazole rings is 1. The summed E-state index contributed by atoms with van der Waals surface area (Å²) >= 11 is 1.70. The van der Waals surface area contributed by atoms with Crippen molar-refractivity contribution in [3.8, 4) is 0 Å². The lowest BCUT2D eigenvalue weighted by molar-refractivity contribution is -0.123. The summed E-state index contributed by atoms with van der Waals surface area (Å²) in [6, 6.07) is 14.3. The molecule has 158 valence electrons. The van der Waals surface area contributed by atoms with Gasteiger partial charge in [0.1, 0.15) is 5.01 Å². The van der Waals surface area contributed by atoms with Gasteiger partial charge in [-0.1, -0.05) is 24.3 Å². The number of hydrogen-bond acceptors (Lipinski definition) is 6. The third-order valence-electron chi connectivity index (χ3n) is 5.39. The van der Waals surface area contributed by atoms with Gasteiger partial charge in [-0.2, -0.15) is 0 Å². The van der Waals surface area contributed by atoms with E-state index in [4.69, 9.17) is 10.1 Å². The van der Waals surface area contributed by atoms with Gasteiger partial charge in [-0.25, -0.2) is 18.5 Å². The van der Waals surface area contributed by atoms with Crippen molar-refractivity contribution in [2.45, 2.75) is 36.7 Å². The number of para-hydroxylation sites is 1. The Morgan fingerprint density at radius 2 is 2.00 bits per heavy atom. The van der Waals surface area contributed by atoms with Crippen LogP contribution in [0, 0.1) is 0 Å². The second kappa shape index (κ2) is 8.43. The number of sulfonamides is 1. The zero-order valence-corrected chi connectivity index (χ0v) is 18.2. The normalized spacial score (nSPS) is 18.5. The summed E-state index contributed by atoms with van der Waals surface area (Å²) in [6.45, 7) is 3.05. The number of carbonyl (C=O) groups is 1. The number of benzene rings is 2. The zero-order chi connectivity index (χ0) is 21.3. The van der Waals surface area contributed by atoms with Crippen molar-refractivity contribution >= 4 is 37.5 Å². The third-order valence-corrected chi connectivity index (χ3v) is 7.46. The molecule has 1 aromatic heterocycles. The first kappa shape index (κ1) is 20.9. The number of nitrogens with one attached hydrogen (secondary N) is 1. The highest BCUT2D eigenvalue weighted by Gasteiger charge is 2.30. The highest BCUT2D eigenvalue weighted by molar-refractivity contribution is 7.89. The molecule has 7 nitrogen and oxygen atoms in total. The molecule has 0 radical (unpaired) electrons. The van der Waals surface area contributed by atoms with Crippen molar-refractivity contribution in [3.05, 3.63) is 59.1 Å². The van der Waals surface area contributed by atoms with Crippen LogP contribution in [0.5, 0.6) is 0 Å². The Bertz CT molecular complexity index is 1130. The van der Waals surface area contributed by atoms with Gasteiger partial charge in [0.2, 0.25) is 15.9 Å². The van der Waals surface area contributed by atoms with Crippen LogP contribution in [-0.4, -0.2) is 37.3 Å². The molecule has 0 unspecified atom stereocenters. The number of likely N-dealkylation sites (tertiary alicyclic amines) is 1. The van der Waals surface area contributed by atoms with Crippen LogP contribution >= 0.6 is 11.3 Å². The topological polar surface area (TPSA) is 105 Å². The summed E-state index contributed by atoms with van der Waals surface area (Å²) in [5, 5.41) is 9.20. The van der Waals surface area contributed by atoms with Gasteiger partial charge in [0.15, 0.2) is 0 Å². The van der Waals surface area contributed by atoms with Gasteiger partial charge in [-0.15, -0.1) is 11.3 Å². The standard InChI is InChI=1S/C21H24N4O3S2/c1-14(15-8-10-16(11-9-15)30(22,27)28)23-20(26)13-25-12-4-6-18(25)21-24-17-5-2-3-7-19(17)29-21/h2-3,5,7-11,14,18H,4,6,12-13H2,1H3,(H,23,26)(H2,22,27,28)/t14-,18-/m1/s1. The van der Waals surface area contributed by atoms with Crippen molar-refractivity contribution in [1.29, 1.82) is 0 Å². The van der Waals surface area contributed by atoms with E-state index in [-0.39, 0.29) is 22.9 Å². The van der Waals surface area contributed by atoms with E-state index in [9.17, 15) is 13.2 Å². The molecular formula is C21H24N4O3S2. The van der Waals surface area contributed by atoms with Crippen molar-refractivity contribution in [3.63, 3.8) is 0 Å². The Hall–Kier alpha value is -2.33. The Labute approximate surface area is 180 Å². The second-order valence-electron chi connectivity index (χ2n) is 7.55. The summed E-state index contributed by atoms with van der Waals surface area (Å²) in [4.78, 5) is 19.7. The fraction of sp³-hybridized carbons (Fsp3) is 0.333. The van der Waals surface area contributed by atoms with Crippen LogP contribution in [0.25, 0.3) is 10.2 Å². The molecule has 3 N–H and O–H groups in total. The number of amides is 1. The first-order valence-corrected chi connectivity index (χ1v) is 12.2. The highest BCUT2D eigenvalue weighted by Crippen LogP contribution is 2.36. The van der Waals surface area contributed by atoms with E-state index >= 15 is 0 Å². The maximum Gasteiger partial charge on any atom is 0.238 e. The minimum atomic E-state index is -3.73. The number of hydrogen-bond donors (Lipinski definition) is 2. The van der Waals surface area contributed by atoms with Crippen LogP contribution < -0.4 is 10.5 Å². The van der Waals surface area contributed by atoms with Gasteiger partial charge in [0, 0.05) is 0 Å². The molecule has 2 heterocycles. The van der Waals surface area contributed by atoms with Crippen LogP contribution in [-0.2, 0) is 14.8 Å². The number of carbonyl (C=O) groups excluding carboxylic acids is 1. The molecule has 0 bridgehead atoms. The van der Waals surface area contributed by atoms with E-state index < -0.39 is 10.0 Å². The van der Waals surface area contributed by atoms with E-state index in [0.29, 0.717) is 6.54 Å². The van der Waals surface area contributed by atoms with Gasteiger partial charge in [-0.3, -0.25) is 9.69 Å². The maximum atomic E-state index is 12.7. The third kappa shape index (κ3) is 4.54. The predicted octanol–water partition coefficient (Wildman–Crippen LogP) is 2.96. The van der Waals surface area contributed by atoms with Crippen LogP contribution in [0.15, 0.2) is 53.4 Å². The molecule has 30 heavy (non-hydrogen) atoms. The van der Waals surface area contributed by atoms with Gasteiger partial charge in [-0.05, 0) is 56.1 Å². The van der Waals surface area contributed by atoms with Gasteiger partial charge < -0.3 is 5.32 Å². The van der Waals surface area contributed by atoms with Gasteiger partial charge in [0.05, 0.1) is 33.7 Å². The predicted molar refractivity (Wildman–Crippen MR) is 118 cm³/mol. The first-order valence-electron chi connectivity index (χ1n) is 9.83. The van der Waals surface area contributed by atoms with Crippen LogP contribution in [0.4, 0.5) is 0 Å². The number of nitrogens with zero attached hydrogens (tertiary/aromatic N) is 2. The lowest BCUT2D eigenvalue weighted by Crippen LogP contribution is -2.38. The van der Waals surface area contributed by atoms with Crippen LogP contribution in [0.2, 0.25) is 0 Å². The summed E-state index contributed by atoms with van der Waals surface area (Å²) in [5.41, 5.74) is 1.82. The Balaban J connectivity index is 1.40. The lowest BCUT2D eigenvalue weighted by Gasteiger charge is -2.23. The summed E-state index contributed by atoms with van der Waals surface area (Å²) in [7, 11) is -3.73. The summed E-state index contributed by atoms with van der Waals surface area (Å²) in [5.74, 6) is -0.0639. The molecule has 1 saturated heterocycles. The summed E-state index contributed by atoms with van der Waals surface area (Å²) in [6.07, 6.45) is 2.04. The smallest absolute Gasteiger partial charge is 0.238 e. The van der Waals surface area contributed by atoms with Crippen molar-refractivity contribution in [1.82, 2.24) is 15.2 Å². The van der Waals surface area contributed by atoms with Crippen molar-refractivity contribution < 1.29 is 13.2 Å². The summed E-state index contributed by atoms with van der Waals surface area (Å²) < 4.78 is 23.9. The van der Waals surface area contributed by atoms with E-state index in [2.05, 4.69) is 16.3 Å². The first-order chi connectivity index (χ1) is 14.3. The van der Waals surface area contributed by atoms with Crippen molar-refractivity contribution in [2.24, 2.45) is 5.14 Å². The molecule has 4 rings (SSSR count). The minimum absolute atomic E-state index is 0.0560. The number of aromatic nitrogens is 1. The average molecular weight is 445 g/mol. The molecule has 1 aliphatic rings. The average Bonchev–Trinajstić information content (AvgIpc) is 3.33. The molecule has 3 aromatic rings. The number of primary sulfonamides is 1. The van der Waals surface area contributed by atoms with E-state index in [0.717, 1.165) is 35.5 Å². The molecule has 0 spiro atoms. The molecular weight excluding hydrogens is 420 g/mol. The highest BCUT2D eigenvalue weighted by atomic mass is 32.2. The van der Waals surface area contributed by atoms with Crippen LogP contribution in [0.3, 0.4) is 0 Å². The second-order valence-corrected chi connectivity index (χ2v) is 10.2. The maximum absolute atomic E-state index is 12.7. The van der Waals surface area contributed by atoms with E-state index in [1.807, 2.05) is 25.1 Å². The quantitative estimate of drug-likeness (QED) is 0.608. The minimum Gasteiger partial charge on any atom is -0.348 e. The SMILES string of the molecule is C[C@@H](NC(=O)CN1CCC[C@@H]1c1nc2ccccc2s1)c1ccc(S(N)(=O)=O)cc1. The Kier molecular flexibility index (Phi) is 5.88. The van der Waals surface area contributed by atoms with Crippen molar-refractivity contribution in [2.75, 3.05) is 13.1 Å². The molecule has 2 aromatic carbocycles. The Morgan fingerprint density at radius 3 is 2.70 bits per heavy atom. The molecule has 0 aliphatic carbocycles. The van der Waals surface area contributed by atoms with Crippen LogP contribution in [0.1, 0.15) is 42.4 Å². The monoisotopic (exact) mass is 444 g/mol. The fourth-order valence-corrected chi connectivity index (χ4v) is 5.48. The fourth-order valence-electron chi connectivity index (χ4n) is 3.83. The van der Waals surface area contributed by atoms with E-state index in [1.165, 1.54) is 16.8 Å². The molecule has 2 atom stereocenters. The molecule has 1 aliphatic heterocycles. The number of nitrogens with two attached hydrogens (primary N) is 1. The largest absolute Gasteiger partial charge is 0.348 e. The molecule has 1 fully saturated rings. The molecule has 1 amide bonds. The van der Waals surface area contributed by atoms with Gasteiger partial charge >= 0.3 is 0 Å². The molecule has 9 heteroatoms. The lowest BCUT2D eigenvalue weighted by atomic mass is 10.1. The Morgan fingerprint density at radius 1 is 1.27 bits per heavy atom.